The lowest BCUT2D eigenvalue weighted by Crippen LogP contribution is -2.25. The lowest BCUT2D eigenvalue weighted by atomic mass is 10.1. The van der Waals surface area contributed by atoms with Crippen molar-refractivity contribution in [3.63, 3.8) is 0 Å². The first-order valence-electron chi connectivity index (χ1n) is 9.94. The zero-order valence-corrected chi connectivity index (χ0v) is 18.5. The van der Waals surface area contributed by atoms with Gasteiger partial charge in [0.25, 0.3) is 0 Å². The molecule has 1 unspecified atom stereocenters. The van der Waals surface area contributed by atoms with E-state index in [1.165, 1.54) is 39.3 Å². The van der Waals surface area contributed by atoms with Gasteiger partial charge in [-0.3, -0.25) is 4.79 Å². The summed E-state index contributed by atoms with van der Waals surface area (Å²) >= 11 is 0. The first-order chi connectivity index (χ1) is 15.9. The van der Waals surface area contributed by atoms with Gasteiger partial charge in [-0.1, -0.05) is 12.1 Å². The van der Waals surface area contributed by atoms with E-state index in [-0.39, 0.29) is 18.4 Å². The molecule has 0 aliphatic carbocycles. The average Bonchev–Trinajstić information content (AvgIpc) is 3.26. The van der Waals surface area contributed by atoms with Crippen molar-refractivity contribution in [2.24, 2.45) is 5.10 Å². The fourth-order valence-electron chi connectivity index (χ4n) is 3.47. The number of amides is 1. The maximum atomic E-state index is 12.3. The molecule has 2 heterocycles. The Balaban J connectivity index is 1.61. The standard InChI is InChI=1S/C23H22N2O8/c1-13(26)25-23(14-9-18(28-2)22(30-4)19(10-14)29-3)33-20(24-25)12-31-17-11-21(27)32-16-8-6-5-7-15(16)17/h5-11,23H,12H2,1-4H3. The number of carbonyl (C=O) groups is 1. The number of fused-ring (bicyclic) bond motifs is 1. The van der Waals surface area contributed by atoms with Crippen LogP contribution in [0.3, 0.4) is 0 Å². The van der Waals surface area contributed by atoms with Gasteiger partial charge in [0.1, 0.15) is 11.3 Å². The maximum absolute atomic E-state index is 12.3. The molecule has 10 heteroatoms. The number of rotatable bonds is 7. The lowest BCUT2D eigenvalue weighted by molar-refractivity contribution is -0.135. The van der Waals surface area contributed by atoms with Crippen LogP contribution in [0.2, 0.25) is 0 Å². The minimum atomic E-state index is -0.868. The number of benzene rings is 2. The second-order valence-corrected chi connectivity index (χ2v) is 7.00. The first-order valence-corrected chi connectivity index (χ1v) is 9.94. The SMILES string of the molecule is COc1cc(C2OC(COc3cc(=O)oc4ccccc34)=NN2C(C)=O)cc(OC)c1OC. The highest BCUT2D eigenvalue weighted by molar-refractivity contribution is 5.86. The summed E-state index contributed by atoms with van der Waals surface area (Å²) in [4.78, 5) is 24.1. The molecule has 33 heavy (non-hydrogen) atoms. The van der Waals surface area contributed by atoms with E-state index in [9.17, 15) is 9.59 Å². The molecule has 172 valence electrons. The largest absolute Gasteiger partial charge is 0.493 e. The molecule has 1 aliphatic rings. The molecule has 0 fully saturated rings. The van der Waals surface area contributed by atoms with Crippen LogP contribution in [-0.2, 0) is 9.53 Å². The average molecular weight is 454 g/mol. The summed E-state index contributed by atoms with van der Waals surface area (Å²) in [6, 6.07) is 11.6. The van der Waals surface area contributed by atoms with Crippen molar-refractivity contribution in [3.05, 3.63) is 58.4 Å². The van der Waals surface area contributed by atoms with Crippen LogP contribution in [0, 0.1) is 0 Å². The molecule has 0 saturated carbocycles. The molecule has 1 aliphatic heterocycles. The van der Waals surface area contributed by atoms with Gasteiger partial charge in [-0.2, -0.15) is 5.01 Å². The zero-order valence-electron chi connectivity index (χ0n) is 18.5. The van der Waals surface area contributed by atoms with E-state index in [2.05, 4.69) is 5.10 Å². The Morgan fingerprint density at radius 3 is 2.36 bits per heavy atom. The summed E-state index contributed by atoms with van der Waals surface area (Å²) in [7, 11) is 4.49. The van der Waals surface area contributed by atoms with Gasteiger partial charge in [0.15, 0.2) is 18.1 Å². The van der Waals surface area contributed by atoms with Crippen LogP contribution in [0.5, 0.6) is 23.0 Å². The third-order valence-electron chi connectivity index (χ3n) is 4.95. The summed E-state index contributed by atoms with van der Waals surface area (Å²) in [5, 5.41) is 6.07. The molecule has 0 bridgehead atoms. The Bertz CT molecular complexity index is 1260. The number of hydrazone groups is 1. The Morgan fingerprint density at radius 2 is 1.73 bits per heavy atom. The Morgan fingerprint density at radius 1 is 1.03 bits per heavy atom. The van der Waals surface area contributed by atoms with Gasteiger partial charge in [-0.25, -0.2) is 4.79 Å². The normalized spacial score (nSPS) is 15.1. The fourth-order valence-corrected chi connectivity index (χ4v) is 3.47. The zero-order chi connectivity index (χ0) is 23.5. The minimum absolute atomic E-state index is 0.113. The topological polar surface area (TPSA) is 109 Å². The molecule has 4 rings (SSSR count). The third kappa shape index (κ3) is 4.27. The number of hydrogen-bond acceptors (Lipinski definition) is 9. The summed E-state index contributed by atoms with van der Waals surface area (Å²) < 4.78 is 33.0. The van der Waals surface area contributed by atoms with Crippen molar-refractivity contribution in [2.75, 3.05) is 27.9 Å². The number of hydrogen-bond donors (Lipinski definition) is 0. The van der Waals surface area contributed by atoms with Crippen molar-refractivity contribution in [3.8, 4) is 23.0 Å². The van der Waals surface area contributed by atoms with Crippen molar-refractivity contribution in [2.45, 2.75) is 13.2 Å². The van der Waals surface area contributed by atoms with Crippen molar-refractivity contribution in [1.29, 1.82) is 0 Å². The van der Waals surface area contributed by atoms with Crippen LogP contribution in [0.1, 0.15) is 18.7 Å². The van der Waals surface area contributed by atoms with Crippen LogP contribution in [0.25, 0.3) is 11.0 Å². The highest BCUT2D eigenvalue weighted by Crippen LogP contribution is 2.42. The smallest absolute Gasteiger partial charge is 0.339 e. The Kier molecular flexibility index (Phi) is 6.07. The maximum Gasteiger partial charge on any atom is 0.339 e. The number of carbonyl (C=O) groups excluding carboxylic acids is 1. The van der Waals surface area contributed by atoms with Gasteiger partial charge in [0.2, 0.25) is 23.8 Å². The van der Waals surface area contributed by atoms with Gasteiger partial charge >= 0.3 is 5.63 Å². The van der Waals surface area contributed by atoms with E-state index in [1.54, 1.807) is 36.4 Å². The second-order valence-electron chi connectivity index (χ2n) is 7.00. The number of ether oxygens (including phenoxy) is 5. The highest BCUT2D eigenvalue weighted by atomic mass is 16.6. The molecule has 2 aromatic carbocycles. The third-order valence-corrected chi connectivity index (χ3v) is 4.95. The number of nitrogens with zero attached hydrogens (tertiary/aromatic N) is 2. The van der Waals surface area contributed by atoms with Crippen molar-refractivity contribution >= 4 is 22.8 Å². The Labute approximate surface area is 188 Å². The van der Waals surface area contributed by atoms with Crippen LogP contribution >= 0.6 is 0 Å². The predicted octanol–water partition coefficient (Wildman–Crippen LogP) is 3.09. The molecular weight excluding hydrogens is 432 g/mol. The number of methoxy groups -OCH3 is 3. The molecular formula is C23H22N2O8. The first kappa shape index (κ1) is 22.0. The Hall–Kier alpha value is -4.21. The molecule has 0 spiro atoms. The van der Waals surface area contributed by atoms with E-state index in [4.69, 9.17) is 28.1 Å². The van der Waals surface area contributed by atoms with Crippen LogP contribution < -0.4 is 24.6 Å². The molecule has 1 amide bonds. The van der Waals surface area contributed by atoms with E-state index >= 15 is 0 Å². The van der Waals surface area contributed by atoms with Gasteiger partial charge in [-0.15, -0.1) is 5.10 Å². The lowest BCUT2D eigenvalue weighted by Gasteiger charge is -2.21. The quantitative estimate of drug-likeness (QED) is 0.501. The van der Waals surface area contributed by atoms with Crippen LogP contribution in [0.4, 0.5) is 0 Å². The van der Waals surface area contributed by atoms with E-state index < -0.39 is 11.9 Å². The number of para-hydroxylation sites is 1. The summed E-state index contributed by atoms with van der Waals surface area (Å²) in [6.45, 7) is 1.26. The second kappa shape index (κ2) is 9.11. The highest BCUT2D eigenvalue weighted by Gasteiger charge is 2.34. The summed E-state index contributed by atoms with van der Waals surface area (Å²) in [5.74, 6) is 1.36. The van der Waals surface area contributed by atoms with Crippen LogP contribution in [-0.4, -0.2) is 44.8 Å². The summed E-state index contributed by atoms with van der Waals surface area (Å²) in [5.41, 5.74) is 0.415. The van der Waals surface area contributed by atoms with E-state index in [1.807, 2.05) is 0 Å². The van der Waals surface area contributed by atoms with E-state index in [0.29, 0.717) is 39.5 Å². The predicted molar refractivity (Wildman–Crippen MR) is 118 cm³/mol. The van der Waals surface area contributed by atoms with Gasteiger partial charge in [0.05, 0.1) is 32.8 Å². The van der Waals surface area contributed by atoms with Crippen molar-refractivity contribution in [1.82, 2.24) is 5.01 Å². The minimum Gasteiger partial charge on any atom is -0.493 e. The van der Waals surface area contributed by atoms with Gasteiger partial charge < -0.3 is 28.1 Å². The molecule has 0 N–H and O–H groups in total. The monoisotopic (exact) mass is 454 g/mol. The van der Waals surface area contributed by atoms with Gasteiger partial charge in [-0.05, 0) is 24.3 Å². The summed E-state index contributed by atoms with van der Waals surface area (Å²) in [6.07, 6.45) is -0.868. The molecule has 0 radical (unpaired) electrons. The fraction of sp³-hybridized carbons (Fsp3) is 0.261. The van der Waals surface area contributed by atoms with Crippen molar-refractivity contribution < 1.29 is 32.9 Å². The molecule has 3 aromatic rings. The van der Waals surface area contributed by atoms with E-state index in [0.717, 1.165) is 0 Å². The van der Waals surface area contributed by atoms with Crippen LogP contribution in [0.15, 0.2) is 56.8 Å². The van der Waals surface area contributed by atoms with Gasteiger partial charge in [0, 0.05) is 12.5 Å². The molecule has 1 aromatic heterocycles. The molecule has 10 nitrogen and oxygen atoms in total. The molecule has 0 saturated heterocycles. The molecule has 1 atom stereocenters.